The quantitative estimate of drug-likeness (QED) is 0.643. The maximum Gasteiger partial charge on any atom is 0.416 e. The van der Waals surface area contributed by atoms with Crippen molar-refractivity contribution in [3.63, 3.8) is 0 Å². The fourth-order valence-corrected chi connectivity index (χ4v) is 2.75. The van der Waals surface area contributed by atoms with Gasteiger partial charge in [0.15, 0.2) is 0 Å². The Morgan fingerprint density at radius 2 is 1.85 bits per heavy atom. The summed E-state index contributed by atoms with van der Waals surface area (Å²) in [6, 6.07) is 14.4. The Balaban J connectivity index is 1.64. The monoisotopic (exact) mass is 379 g/mol. The molecule has 136 valence electrons. The summed E-state index contributed by atoms with van der Waals surface area (Å²) in [6.07, 6.45) is -2.61. The molecule has 1 unspecified atom stereocenters. The lowest BCUT2D eigenvalue weighted by molar-refractivity contribution is -0.137. The van der Waals surface area contributed by atoms with Crippen LogP contribution in [0.4, 0.5) is 13.2 Å². The fourth-order valence-electron chi connectivity index (χ4n) is 2.55. The van der Waals surface area contributed by atoms with Crippen molar-refractivity contribution in [3.05, 3.63) is 82.6 Å². The Bertz CT molecular complexity index is 872. The van der Waals surface area contributed by atoms with E-state index < -0.39 is 11.7 Å². The molecule has 0 radical (unpaired) electrons. The molecule has 1 aromatic heterocycles. The second kappa shape index (κ2) is 7.51. The van der Waals surface area contributed by atoms with E-state index in [0.717, 1.165) is 23.4 Å². The first-order valence-corrected chi connectivity index (χ1v) is 8.42. The van der Waals surface area contributed by atoms with Gasteiger partial charge in [0.2, 0.25) is 0 Å². The van der Waals surface area contributed by atoms with E-state index in [2.05, 4.69) is 10.4 Å². The van der Waals surface area contributed by atoms with E-state index in [4.69, 9.17) is 11.6 Å². The summed E-state index contributed by atoms with van der Waals surface area (Å²) in [7, 11) is 0. The summed E-state index contributed by atoms with van der Waals surface area (Å²) in [5.74, 6) is 0. The summed E-state index contributed by atoms with van der Waals surface area (Å²) >= 11 is 6.00. The molecule has 0 fully saturated rings. The number of alkyl halides is 3. The Morgan fingerprint density at radius 1 is 1.12 bits per heavy atom. The maximum absolute atomic E-state index is 12.6. The molecule has 0 aliphatic rings. The second-order valence-corrected chi connectivity index (χ2v) is 6.39. The van der Waals surface area contributed by atoms with Gasteiger partial charge < -0.3 is 5.32 Å². The first-order valence-electron chi connectivity index (χ1n) is 8.04. The van der Waals surface area contributed by atoms with Crippen molar-refractivity contribution in [2.24, 2.45) is 0 Å². The number of hydrogen-bond donors (Lipinski definition) is 1. The first kappa shape index (κ1) is 18.5. The van der Waals surface area contributed by atoms with E-state index >= 15 is 0 Å². The molecule has 1 atom stereocenters. The standard InChI is InChI=1S/C19H17ClF3N3/c1-13(14-3-2-4-16(20)11-14)24-12-17-9-10-26(25-17)18-7-5-15(6-8-18)19(21,22)23/h2-11,13,24H,12H2,1H3. The lowest BCUT2D eigenvalue weighted by Gasteiger charge is -2.13. The molecule has 7 heteroatoms. The van der Waals surface area contributed by atoms with Crippen LogP contribution in [0.1, 0.15) is 29.8 Å². The average molecular weight is 380 g/mol. The minimum Gasteiger partial charge on any atom is -0.304 e. The van der Waals surface area contributed by atoms with Gasteiger partial charge in [0.05, 0.1) is 16.9 Å². The molecule has 3 rings (SSSR count). The Kier molecular flexibility index (Phi) is 5.34. The molecule has 0 aliphatic heterocycles. The zero-order chi connectivity index (χ0) is 18.7. The van der Waals surface area contributed by atoms with Crippen LogP contribution in [-0.2, 0) is 12.7 Å². The van der Waals surface area contributed by atoms with Crippen LogP contribution in [0.3, 0.4) is 0 Å². The number of nitrogens with zero attached hydrogens (tertiary/aromatic N) is 2. The third kappa shape index (κ3) is 4.45. The number of benzene rings is 2. The summed E-state index contributed by atoms with van der Waals surface area (Å²) in [5.41, 5.74) is 1.76. The van der Waals surface area contributed by atoms with Crippen LogP contribution in [0, 0.1) is 0 Å². The molecule has 1 heterocycles. The molecule has 26 heavy (non-hydrogen) atoms. The third-order valence-electron chi connectivity index (χ3n) is 4.04. The predicted octanol–water partition coefficient (Wildman–Crippen LogP) is 5.40. The van der Waals surface area contributed by atoms with E-state index in [1.165, 1.54) is 12.1 Å². The van der Waals surface area contributed by atoms with Crippen LogP contribution in [0.15, 0.2) is 60.8 Å². The van der Waals surface area contributed by atoms with Crippen LogP contribution >= 0.6 is 11.6 Å². The maximum atomic E-state index is 12.6. The topological polar surface area (TPSA) is 29.9 Å². The van der Waals surface area contributed by atoms with Gasteiger partial charge in [0.1, 0.15) is 0 Å². The van der Waals surface area contributed by atoms with Gasteiger partial charge in [0, 0.05) is 23.8 Å². The summed E-state index contributed by atoms with van der Waals surface area (Å²) in [4.78, 5) is 0. The van der Waals surface area contributed by atoms with Crippen molar-refractivity contribution in [2.75, 3.05) is 0 Å². The van der Waals surface area contributed by atoms with E-state index in [1.54, 1.807) is 10.9 Å². The minimum absolute atomic E-state index is 0.0879. The van der Waals surface area contributed by atoms with Crippen LogP contribution in [0.5, 0.6) is 0 Å². The number of halogens is 4. The second-order valence-electron chi connectivity index (χ2n) is 5.95. The Hall–Kier alpha value is -2.31. The number of rotatable bonds is 5. The first-order chi connectivity index (χ1) is 12.3. The SMILES string of the molecule is CC(NCc1ccn(-c2ccc(C(F)(F)F)cc2)n1)c1cccc(Cl)c1. The summed E-state index contributed by atoms with van der Waals surface area (Å²) in [5, 5.41) is 8.44. The zero-order valence-corrected chi connectivity index (χ0v) is 14.7. The molecule has 3 aromatic rings. The van der Waals surface area contributed by atoms with Gasteiger partial charge in [-0.3, -0.25) is 0 Å². The van der Waals surface area contributed by atoms with Crippen molar-refractivity contribution < 1.29 is 13.2 Å². The highest BCUT2D eigenvalue weighted by Crippen LogP contribution is 2.29. The van der Waals surface area contributed by atoms with Gasteiger partial charge in [-0.05, 0) is 55.0 Å². The highest BCUT2D eigenvalue weighted by atomic mass is 35.5. The minimum atomic E-state index is -4.34. The van der Waals surface area contributed by atoms with Crippen molar-refractivity contribution >= 4 is 11.6 Å². The summed E-state index contributed by atoms with van der Waals surface area (Å²) in [6.45, 7) is 2.56. The molecular weight excluding hydrogens is 363 g/mol. The third-order valence-corrected chi connectivity index (χ3v) is 4.28. The number of hydrogen-bond acceptors (Lipinski definition) is 2. The predicted molar refractivity (Wildman–Crippen MR) is 95.3 cm³/mol. The van der Waals surface area contributed by atoms with E-state index in [9.17, 15) is 13.2 Å². The van der Waals surface area contributed by atoms with Crippen LogP contribution < -0.4 is 5.32 Å². The van der Waals surface area contributed by atoms with Crippen molar-refractivity contribution in [2.45, 2.75) is 25.7 Å². The highest BCUT2D eigenvalue weighted by Gasteiger charge is 2.30. The van der Waals surface area contributed by atoms with Gasteiger partial charge in [0.25, 0.3) is 0 Å². The molecule has 2 aromatic carbocycles. The number of aromatic nitrogens is 2. The number of nitrogens with one attached hydrogen (secondary N) is 1. The van der Waals surface area contributed by atoms with Gasteiger partial charge in [-0.2, -0.15) is 18.3 Å². The lowest BCUT2D eigenvalue weighted by atomic mass is 10.1. The molecule has 1 N–H and O–H groups in total. The van der Waals surface area contributed by atoms with Gasteiger partial charge in [-0.25, -0.2) is 4.68 Å². The molecule has 0 spiro atoms. The molecule has 0 saturated heterocycles. The van der Waals surface area contributed by atoms with Crippen LogP contribution in [0.2, 0.25) is 5.02 Å². The normalized spacial score (nSPS) is 13.0. The molecule has 0 aliphatic carbocycles. The molecular formula is C19H17ClF3N3. The molecule has 0 bridgehead atoms. The average Bonchev–Trinajstić information content (AvgIpc) is 3.08. The van der Waals surface area contributed by atoms with E-state index in [1.807, 2.05) is 37.3 Å². The van der Waals surface area contributed by atoms with Gasteiger partial charge in [-0.15, -0.1) is 0 Å². The van der Waals surface area contributed by atoms with E-state index in [-0.39, 0.29) is 6.04 Å². The molecule has 3 nitrogen and oxygen atoms in total. The summed E-state index contributed by atoms with van der Waals surface area (Å²) < 4.78 is 39.4. The Labute approximate surface area is 154 Å². The van der Waals surface area contributed by atoms with Gasteiger partial charge >= 0.3 is 6.18 Å². The van der Waals surface area contributed by atoms with E-state index in [0.29, 0.717) is 17.3 Å². The fraction of sp³-hybridized carbons (Fsp3) is 0.211. The highest BCUT2D eigenvalue weighted by molar-refractivity contribution is 6.30. The van der Waals surface area contributed by atoms with Crippen molar-refractivity contribution in [1.82, 2.24) is 15.1 Å². The largest absolute Gasteiger partial charge is 0.416 e. The van der Waals surface area contributed by atoms with Gasteiger partial charge in [-0.1, -0.05) is 23.7 Å². The van der Waals surface area contributed by atoms with Crippen LogP contribution in [-0.4, -0.2) is 9.78 Å². The van der Waals surface area contributed by atoms with Crippen molar-refractivity contribution in [3.8, 4) is 5.69 Å². The van der Waals surface area contributed by atoms with Crippen molar-refractivity contribution in [1.29, 1.82) is 0 Å². The molecule has 0 saturated carbocycles. The lowest BCUT2D eigenvalue weighted by Crippen LogP contribution is -2.18. The zero-order valence-electron chi connectivity index (χ0n) is 14.0. The molecule has 0 amide bonds. The smallest absolute Gasteiger partial charge is 0.304 e. The Morgan fingerprint density at radius 3 is 2.50 bits per heavy atom. The van der Waals surface area contributed by atoms with Crippen LogP contribution in [0.25, 0.3) is 5.69 Å².